The van der Waals surface area contributed by atoms with Crippen LogP contribution >= 0.6 is 0 Å². The quantitative estimate of drug-likeness (QED) is 0.349. The van der Waals surface area contributed by atoms with Crippen LogP contribution in [0.1, 0.15) is 0 Å². The topological polar surface area (TPSA) is 69.2 Å². The van der Waals surface area contributed by atoms with Crippen LogP contribution in [0.4, 0.5) is 0 Å². The standard InChI is InChI=1S/C3H9NO3S.2Na/c1-4-2-3-8(5,6)7;;/h4H,2-3H2,1H3,(H,5,6,7);;/q;2*+1/p-1. The van der Waals surface area contributed by atoms with Crippen molar-refractivity contribution in [1.29, 1.82) is 0 Å². The molecule has 0 saturated heterocycles. The zero-order chi connectivity index (χ0) is 6.62. The first-order valence-electron chi connectivity index (χ1n) is 2.14. The van der Waals surface area contributed by atoms with Gasteiger partial charge in [0.15, 0.2) is 0 Å². The molecule has 0 amide bonds. The van der Waals surface area contributed by atoms with Crippen LogP contribution in [0.25, 0.3) is 0 Å². The minimum absolute atomic E-state index is 0. The molecule has 0 saturated carbocycles. The van der Waals surface area contributed by atoms with Gasteiger partial charge in [0.25, 0.3) is 0 Å². The molecule has 0 aliphatic heterocycles. The van der Waals surface area contributed by atoms with E-state index >= 15 is 0 Å². The van der Waals surface area contributed by atoms with Crippen molar-refractivity contribution in [1.82, 2.24) is 5.32 Å². The van der Waals surface area contributed by atoms with Gasteiger partial charge in [-0.3, -0.25) is 0 Å². The molecule has 0 rings (SSSR count). The third-order valence-electron chi connectivity index (χ3n) is 0.602. The summed E-state index contributed by atoms with van der Waals surface area (Å²) < 4.78 is 29.4. The van der Waals surface area contributed by atoms with Gasteiger partial charge in [-0.2, -0.15) is 0 Å². The van der Waals surface area contributed by atoms with Crippen LogP contribution in [0, 0.1) is 0 Å². The molecule has 0 aliphatic rings. The van der Waals surface area contributed by atoms with Gasteiger partial charge in [0.2, 0.25) is 0 Å². The minimum Gasteiger partial charge on any atom is -0.748 e. The average molecular weight is 184 g/mol. The number of hydrogen-bond donors (Lipinski definition) is 1. The van der Waals surface area contributed by atoms with Gasteiger partial charge in [-0.25, -0.2) is 8.42 Å². The summed E-state index contributed by atoms with van der Waals surface area (Å²) in [6.45, 7) is 0.228. The fraction of sp³-hybridized carbons (Fsp3) is 1.00. The molecule has 0 spiro atoms. The molecular formula is C3H8NNa2O3S+. The summed E-state index contributed by atoms with van der Waals surface area (Å²) in [5, 5.41) is 2.55. The first kappa shape index (κ1) is 17.8. The molecule has 0 heterocycles. The molecular weight excluding hydrogens is 176 g/mol. The Kier molecular flexibility index (Phi) is 16.0. The molecule has 50 valence electrons. The second-order valence-corrected chi connectivity index (χ2v) is 2.89. The van der Waals surface area contributed by atoms with E-state index in [4.69, 9.17) is 0 Å². The van der Waals surface area contributed by atoms with Crippen LogP contribution in [0.2, 0.25) is 0 Å². The van der Waals surface area contributed by atoms with Gasteiger partial charge in [-0.15, -0.1) is 0 Å². The normalized spacial score (nSPS) is 9.40. The van der Waals surface area contributed by atoms with E-state index in [2.05, 4.69) is 5.32 Å². The Bertz CT molecular complexity index is 146. The molecule has 0 fully saturated rings. The molecule has 0 aromatic heterocycles. The van der Waals surface area contributed by atoms with Gasteiger partial charge in [0.1, 0.15) is 0 Å². The fourth-order valence-electron chi connectivity index (χ4n) is 0.227. The molecule has 0 aliphatic carbocycles. The molecule has 4 nitrogen and oxygen atoms in total. The van der Waals surface area contributed by atoms with E-state index in [-0.39, 0.29) is 71.4 Å². The maximum Gasteiger partial charge on any atom is 1.00 e. The number of rotatable bonds is 3. The van der Waals surface area contributed by atoms with Crippen LogP contribution in [0.3, 0.4) is 0 Å². The molecule has 0 aromatic carbocycles. The first-order valence-corrected chi connectivity index (χ1v) is 3.72. The monoisotopic (exact) mass is 184 g/mol. The number of nitrogens with one attached hydrogen (secondary N) is 1. The summed E-state index contributed by atoms with van der Waals surface area (Å²) in [5.74, 6) is -0.330. The van der Waals surface area contributed by atoms with Crippen LogP contribution in [-0.4, -0.2) is 32.3 Å². The van der Waals surface area contributed by atoms with Gasteiger partial charge in [0.05, 0.1) is 15.9 Å². The van der Waals surface area contributed by atoms with Crippen molar-refractivity contribution in [2.24, 2.45) is 0 Å². The zero-order valence-electron chi connectivity index (χ0n) is 6.55. The molecule has 0 unspecified atom stereocenters. The molecule has 0 aromatic rings. The Morgan fingerprint density at radius 1 is 1.40 bits per heavy atom. The molecule has 0 atom stereocenters. The van der Waals surface area contributed by atoms with Gasteiger partial charge < -0.3 is 9.87 Å². The largest absolute Gasteiger partial charge is 1.00 e. The Labute approximate surface area is 105 Å². The summed E-state index contributed by atoms with van der Waals surface area (Å²) in [7, 11) is -2.41. The van der Waals surface area contributed by atoms with E-state index in [9.17, 15) is 13.0 Å². The Morgan fingerprint density at radius 3 is 1.90 bits per heavy atom. The van der Waals surface area contributed by atoms with Crippen molar-refractivity contribution in [3.63, 3.8) is 0 Å². The van der Waals surface area contributed by atoms with Crippen LogP contribution < -0.4 is 64.4 Å². The molecule has 1 N–H and O–H groups in total. The molecule has 7 heteroatoms. The summed E-state index contributed by atoms with van der Waals surface area (Å²) >= 11 is 0. The van der Waals surface area contributed by atoms with E-state index in [0.29, 0.717) is 0 Å². The predicted octanol–water partition coefficient (Wildman–Crippen LogP) is -7.24. The second-order valence-electron chi connectivity index (χ2n) is 1.37. The van der Waals surface area contributed by atoms with Crippen molar-refractivity contribution < 1.29 is 72.1 Å². The third-order valence-corrected chi connectivity index (χ3v) is 1.31. The minimum atomic E-state index is -4.00. The maximum absolute atomic E-state index is 9.79. The van der Waals surface area contributed by atoms with Crippen LogP contribution in [0.15, 0.2) is 0 Å². The zero-order valence-corrected chi connectivity index (χ0v) is 11.4. The van der Waals surface area contributed by atoms with Crippen molar-refractivity contribution in [2.45, 2.75) is 0 Å². The summed E-state index contributed by atoms with van der Waals surface area (Å²) in [6.07, 6.45) is 0. The Hall–Kier alpha value is 1.87. The predicted molar refractivity (Wildman–Crippen MR) is 28.5 cm³/mol. The van der Waals surface area contributed by atoms with E-state index in [0.717, 1.165) is 0 Å². The average Bonchev–Trinajstić information content (AvgIpc) is 1.59. The van der Waals surface area contributed by atoms with E-state index in [1.807, 2.05) is 0 Å². The number of hydrogen-bond acceptors (Lipinski definition) is 4. The molecule has 0 radical (unpaired) electrons. The third kappa shape index (κ3) is 16.5. The summed E-state index contributed by atoms with van der Waals surface area (Å²) in [6, 6.07) is 0. The van der Waals surface area contributed by atoms with Gasteiger partial charge in [0, 0.05) is 6.54 Å². The summed E-state index contributed by atoms with van der Waals surface area (Å²) in [5.41, 5.74) is 0. The van der Waals surface area contributed by atoms with Crippen LogP contribution in [-0.2, 0) is 10.1 Å². The van der Waals surface area contributed by atoms with Crippen molar-refractivity contribution >= 4 is 10.1 Å². The second kappa shape index (κ2) is 8.96. The molecule has 0 bridgehead atoms. The van der Waals surface area contributed by atoms with Crippen molar-refractivity contribution in [3.8, 4) is 0 Å². The fourth-order valence-corrected chi connectivity index (χ4v) is 0.681. The van der Waals surface area contributed by atoms with Crippen molar-refractivity contribution in [3.05, 3.63) is 0 Å². The van der Waals surface area contributed by atoms with Crippen molar-refractivity contribution in [2.75, 3.05) is 19.3 Å². The Balaban J connectivity index is -0.000000245. The maximum atomic E-state index is 9.79. The first-order chi connectivity index (χ1) is 3.56. The van der Waals surface area contributed by atoms with E-state index in [1.165, 1.54) is 0 Å². The van der Waals surface area contributed by atoms with E-state index < -0.39 is 10.1 Å². The Morgan fingerprint density at radius 2 is 1.80 bits per heavy atom. The smallest absolute Gasteiger partial charge is 0.748 e. The van der Waals surface area contributed by atoms with Gasteiger partial charge in [-0.1, -0.05) is 0 Å². The van der Waals surface area contributed by atoms with Gasteiger partial charge >= 0.3 is 59.1 Å². The SMILES string of the molecule is CNCCS(=O)(=O)[O-].[Na+].[Na+]. The van der Waals surface area contributed by atoms with Crippen LogP contribution in [0.5, 0.6) is 0 Å². The van der Waals surface area contributed by atoms with Gasteiger partial charge in [-0.05, 0) is 7.05 Å². The summed E-state index contributed by atoms with van der Waals surface area (Å²) in [4.78, 5) is 0. The van der Waals surface area contributed by atoms with E-state index in [1.54, 1.807) is 7.05 Å². The molecule has 10 heavy (non-hydrogen) atoms.